The third kappa shape index (κ3) is 6.48. The zero-order chi connectivity index (χ0) is 32.4. The summed E-state index contributed by atoms with van der Waals surface area (Å²) in [6.45, 7) is 8.75. The van der Waals surface area contributed by atoms with Crippen LogP contribution in [-0.4, -0.2) is 76.1 Å². The van der Waals surface area contributed by atoms with E-state index in [2.05, 4.69) is 24.6 Å². The van der Waals surface area contributed by atoms with Crippen LogP contribution >= 0.6 is 0 Å². The SMILES string of the molecule is CCc1cc(-c2ccn3c(C(C)N4CCN(C(F)C(F)F)CC4)c(C)c(C(=O)NCc4c(OC)cc(C)[nH]c4=O)cc23)ccn1. The number of carbonyl (C=O) groups excluding carboxylic acids is 1. The number of methoxy groups -OCH3 is 1. The molecule has 1 saturated heterocycles. The molecule has 1 fully saturated rings. The Hall–Kier alpha value is -4.16. The van der Waals surface area contributed by atoms with Gasteiger partial charge < -0.3 is 19.4 Å². The van der Waals surface area contributed by atoms with Crippen molar-refractivity contribution in [1.82, 2.24) is 29.5 Å². The van der Waals surface area contributed by atoms with Crippen molar-refractivity contribution in [2.45, 2.75) is 59.4 Å². The number of piperazine rings is 1. The highest BCUT2D eigenvalue weighted by Crippen LogP contribution is 2.34. The van der Waals surface area contributed by atoms with Gasteiger partial charge in [-0.3, -0.25) is 24.4 Å². The number of carbonyl (C=O) groups is 1. The lowest BCUT2D eigenvalue weighted by Crippen LogP contribution is -2.51. The standard InChI is InChI=1S/C33H39F3N6O3/c1-6-23-16-22(7-9-37-23)24-8-10-42-27(24)17-25(32(43)38-18-26-28(45-5)15-19(2)39-33(26)44)20(3)29(42)21(4)40-11-13-41(14-12-40)31(36)30(34)35/h7-10,15-17,21,30-31H,6,11-14,18H2,1-5H3,(H,38,43)(H,39,44). The first-order valence-electron chi connectivity index (χ1n) is 15.1. The number of aromatic nitrogens is 3. The number of rotatable bonds is 10. The van der Waals surface area contributed by atoms with E-state index in [9.17, 15) is 22.8 Å². The molecular weight excluding hydrogens is 585 g/mol. The molecule has 5 heterocycles. The highest BCUT2D eigenvalue weighted by Gasteiger charge is 2.33. The first kappa shape index (κ1) is 32.2. The van der Waals surface area contributed by atoms with Crippen LogP contribution in [0.1, 0.15) is 58.5 Å². The molecule has 0 saturated carbocycles. The van der Waals surface area contributed by atoms with Crippen molar-refractivity contribution in [2.75, 3.05) is 33.3 Å². The fraction of sp³-hybridized carbons (Fsp3) is 0.424. The van der Waals surface area contributed by atoms with Crippen molar-refractivity contribution in [3.63, 3.8) is 0 Å². The molecule has 0 bridgehead atoms. The van der Waals surface area contributed by atoms with E-state index in [-0.39, 0.29) is 37.1 Å². The number of ether oxygens (including phenoxy) is 1. The number of amides is 1. The zero-order valence-corrected chi connectivity index (χ0v) is 26.2. The van der Waals surface area contributed by atoms with Gasteiger partial charge >= 0.3 is 0 Å². The molecule has 45 heavy (non-hydrogen) atoms. The number of hydrogen-bond donors (Lipinski definition) is 2. The third-order valence-electron chi connectivity index (χ3n) is 8.71. The Bertz CT molecular complexity index is 1750. The number of halogens is 3. The Kier molecular flexibility index (Phi) is 9.64. The van der Waals surface area contributed by atoms with E-state index in [0.717, 1.165) is 40.0 Å². The number of nitrogens with one attached hydrogen (secondary N) is 2. The largest absolute Gasteiger partial charge is 0.496 e. The topological polar surface area (TPSA) is 95.0 Å². The summed E-state index contributed by atoms with van der Waals surface area (Å²) in [6, 6.07) is 9.31. The molecular formula is C33H39F3N6O3. The van der Waals surface area contributed by atoms with E-state index in [4.69, 9.17) is 4.74 Å². The number of fused-ring (bicyclic) bond motifs is 1. The van der Waals surface area contributed by atoms with Gasteiger partial charge in [0.2, 0.25) is 6.30 Å². The van der Waals surface area contributed by atoms with E-state index >= 15 is 0 Å². The van der Waals surface area contributed by atoms with Gasteiger partial charge in [-0.2, -0.15) is 0 Å². The minimum Gasteiger partial charge on any atom is -0.496 e. The highest BCUT2D eigenvalue weighted by atomic mass is 19.3. The molecule has 2 N–H and O–H groups in total. The summed E-state index contributed by atoms with van der Waals surface area (Å²) in [4.78, 5) is 37.0. The minimum atomic E-state index is -3.05. The van der Waals surface area contributed by atoms with Gasteiger partial charge in [0.05, 0.1) is 24.7 Å². The Labute approximate surface area is 260 Å². The quantitative estimate of drug-likeness (QED) is 0.240. The van der Waals surface area contributed by atoms with Gasteiger partial charge in [-0.05, 0) is 68.7 Å². The van der Waals surface area contributed by atoms with Crippen LogP contribution in [-0.2, 0) is 13.0 Å². The van der Waals surface area contributed by atoms with Gasteiger partial charge in [0.25, 0.3) is 17.9 Å². The van der Waals surface area contributed by atoms with E-state index in [1.54, 1.807) is 19.2 Å². The van der Waals surface area contributed by atoms with Crippen LogP contribution < -0.4 is 15.6 Å². The number of H-pyrrole nitrogens is 1. The first-order valence-corrected chi connectivity index (χ1v) is 15.1. The molecule has 4 aromatic rings. The lowest BCUT2D eigenvalue weighted by atomic mass is 9.98. The van der Waals surface area contributed by atoms with Crippen molar-refractivity contribution in [3.8, 4) is 16.9 Å². The fourth-order valence-electron chi connectivity index (χ4n) is 6.20. The maximum absolute atomic E-state index is 14.1. The Morgan fingerprint density at radius 1 is 1.09 bits per heavy atom. The molecule has 4 aromatic heterocycles. The number of nitrogens with zero attached hydrogens (tertiary/aromatic N) is 4. The molecule has 240 valence electrons. The van der Waals surface area contributed by atoms with Gasteiger partial charge in [0.15, 0.2) is 0 Å². The van der Waals surface area contributed by atoms with Crippen LogP contribution in [0.3, 0.4) is 0 Å². The molecule has 0 aromatic carbocycles. The van der Waals surface area contributed by atoms with Crippen molar-refractivity contribution in [1.29, 1.82) is 0 Å². The molecule has 9 nitrogen and oxygen atoms in total. The maximum atomic E-state index is 14.1. The molecule has 1 aliphatic heterocycles. The molecule has 2 atom stereocenters. The molecule has 1 amide bonds. The molecule has 2 unspecified atom stereocenters. The van der Waals surface area contributed by atoms with Gasteiger partial charge in [0, 0.05) is 72.8 Å². The molecule has 0 spiro atoms. The van der Waals surface area contributed by atoms with Gasteiger partial charge in [-0.1, -0.05) is 6.92 Å². The summed E-state index contributed by atoms with van der Waals surface area (Å²) in [5, 5.41) is 2.91. The predicted molar refractivity (Wildman–Crippen MR) is 167 cm³/mol. The van der Waals surface area contributed by atoms with Crippen molar-refractivity contribution in [3.05, 3.63) is 86.9 Å². The van der Waals surface area contributed by atoms with Crippen molar-refractivity contribution in [2.24, 2.45) is 0 Å². The number of aromatic amines is 1. The minimum absolute atomic E-state index is 0.0400. The molecule has 12 heteroatoms. The normalized spacial score (nSPS) is 15.8. The number of hydrogen-bond acceptors (Lipinski definition) is 6. The Morgan fingerprint density at radius 3 is 2.47 bits per heavy atom. The van der Waals surface area contributed by atoms with Crippen LogP contribution in [0.15, 0.2) is 47.5 Å². The molecule has 5 rings (SSSR count). The van der Waals surface area contributed by atoms with Gasteiger partial charge in [-0.15, -0.1) is 0 Å². The average Bonchev–Trinajstić information content (AvgIpc) is 3.46. The molecule has 0 radical (unpaired) electrons. The maximum Gasteiger partial charge on any atom is 0.282 e. The number of aryl methyl sites for hydroxylation is 2. The van der Waals surface area contributed by atoms with Crippen LogP contribution in [0.2, 0.25) is 0 Å². The van der Waals surface area contributed by atoms with Gasteiger partial charge in [0.1, 0.15) is 5.75 Å². The summed E-state index contributed by atoms with van der Waals surface area (Å²) in [5.74, 6) is 0.0291. The predicted octanol–water partition coefficient (Wildman–Crippen LogP) is 5.05. The number of alkyl halides is 3. The van der Waals surface area contributed by atoms with Crippen LogP contribution in [0, 0.1) is 13.8 Å². The average molecular weight is 625 g/mol. The second-order valence-corrected chi connectivity index (χ2v) is 11.4. The zero-order valence-electron chi connectivity index (χ0n) is 26.2. The van der Waals surface area contributed by atoms with Crippen LogP contribution in [0.25, 0.3) is 16.6 Å². The van der Waals surface area contributed by atoms with E-state index in [1.807, 2.05) is 51.2 Å². The second kappa shape index (κ2) is 13.5. The summed E-state index contributed by atoms with van der Waals surface area (Å²) in [5.41, 5.74) is 6.29. The molecule has 1 aliphatic rings. The summed E-state index contributed by atoms with van der Waals surface area (Å²) >= 11 is 0. The smallest absolute Gasteiger partial charge is 0.282 e. The summed E-state index contributed by atoms with van der Waals surface area (Å²) in [6.07, 6.45) is -0.831. The fourth-order valence-corrected chi connectivity index (χ4v) is 6.20. The van der Waals surface area contributed by atoms with E-state index in [0.29, 0.717) is 35.7 Å². The van der Waals surface area contributed by atoms with Crippen LogP contribution in [0.4, 0.5) is 13.2 Å². The Morgan fingerprint density at radius 2 is 1.80 bits per heavy atom. The van der Waals surface area contributed by atoms with Crippen molar-refractivity contribution >= 4 is 11.4 Å². The summed E-state index contributed by atoms with van der Waals surface area (Å²) in [7, 11) is 1.48. The van der Waals surface area contributed by atoms with Crippen LogP contribution in [0.5, 0.6) is 5.75 Å². The van der Waals surface area contributed by atoms with E-state index in [1.165, 1.54) is 12.0 Å². The monoisotopic (exact) mass is 624 g/mol. The third-order valence-corrected chi connectivity index (χ3v) is 8.71. The first-order chi connectivity index (χ1) is 21.5. The summed E-state index contributed by atoms with van der Waals surface area (Å²) < 4.78 is 47.6. The highest BCUT2D eigenvalue weighted by molar-refractivity contribution is 5.98. The Balaban J connectivity index is 1.54. The van der Waals surface area contributed by atoms with E-state index < -0.39 is 12.7 Å². The van der Waals surface area contributed by atoms with Gasteiger partial charge in [-0.25, -0.2) is 13.2 Å². The number of pyridine rings is 3. The lowest BCUT2D eigenvalue weighted by molar-refractivity contribution is -0.0688. The molecule has 0 aliphatic carbocycles. The lowest BCUT2D eigenvalue weighted by Gasteiger charge is -2.39. The van der Waals surface area contributed by atoms with Crippen molar-refractivity contribution < 1.29 is 22.7 Å². The second-order valence-electron chi connectivity index (χ2n) is 11.4.